The van der Waals surface area contributed by atoms with Crippen molar-refractivity contribution in [3.63, 3.8) is 0 Å². The summed E-state index contributed by atoms with van der Waals surface area (Å²) in [5.74, 6) is 1.55. The predicted octanol–water partition coefficient (Wildman–Crippen LogP) is 1.99. The molecule has 0 radical (unpaired) electrons. The van der Waals surface area contributed by atoms with E-state index in [1.807, 2.05) is 12.4 Å². The first-order valence-electron chi connectivity index (χ1n) is 5.40. The van der Waals surface area contributed by atoms with Gasteiger partial charge in [0.25, 0.3) is 0 Å². The molecule has 1 N–H and O–H groups in total. The van der Waals surface area contributed by atoms with Gasteiger partial charge in [0.15, 0.2) is 0 Å². The minimum absolute atomic E-state index is 0.281. The van der Waals surface area contributed by atoms with E-state index in [1.54, 1.807) is 7.11 Å². The molecule has 1 atom stereocenters. The van der Waals surface area contributed by atoms with E-state index in [1.165, 1.54) is 0 Å². The Morgan fingerprint density at radius 2 is 2.20 bits per heavy atom. The van der Waals surface area contributed by atoms with Gasteiger partial charge in [-0.1, -0.05) is 13.8 Å². The molecule has 0 bridgehead atoms. The van der Waals surface area contributed by atoms with Crippen LogP contribution in [0.3, 0.4) is 0 Å². The van der Waals surface area contributed by atoms with Gasteiger partial charge in [-0.2, -0.15) is 0 Å². The summed E-state index contributed by atoms with van der Waals surface area (Å²) in [6.45, 7) is 8.15. The highest BCUT2D eigenvalue weighted by molar-refractivity contribution is 5.27. The van der Waals surface area contributed by atoms with E-state index in [4.69, 9.17) is 4.74 Å². The number of methoxy groups -OCH3 is 1. The standard InChI is InChI=1S/C11H21N3O/c1-9(2)7-14-6-5-12-11(14)13-10(3)8-15-4/h5-6,9-10H,7-8H2,1-4H3,(H,12,13). The van der Waals surface area contributed by atoms with Crippen LogP contribution in [-0.4, -0.2) is 29.3 Å². The van der Waals surface area contributed by atoms with Crippen LogP contribution in [-0.2, 0) is 11.3 Å². The van der Waals surface area contributed by atoms with Crippen LogP contribution in [0.4, 0.5) is 5.95 Å². The molecule has 1 heterocycles. The van der Waals surface area contributed by atoms with E-state index >= 15 is 0 Å². The number of rotatable bonds is 6. The quantitative estimate of drug-likeness (QED) is 0.782. The average molecular weight is 211 g/mol. The lowest BCUT2D eigenvalue weighted by Gasteiger charge is -2.16. The van der Waals surface area contributed by atoms with Gasteiger partial charge < -0.3 is 14.6 Å². The van der Waals surface area contributed by atoms with Gasteiger partial charge in [0.1, 0.15) is 0 Å². The molecule has 0 aliphatic heterocycles. The summed E-state index contributed by atoms with van der Waals surface area (Å²) < 4.78 is 7.21. The second-order valence-electron chi connectivity index (χ2n) is 4.30. The predicted molar refractivity (Wildman–Crippen MR) is 62.0 cm³/mol. The van der Waals surface area contributed by atoms with Crippen molar-refractivity contribution in [2.75, 3.05) is 19.0 Å². The van der Waals surface area contributed by atoms with Gasteiger partial charge in [-0.15, -0.1) is 0 Å². The molecule has 0 amide bonds. The smallest absolute Gasteiger partial charge is 0.203 e. The maximum Gasteiger partial charge on any atom is 0.203 e. The number of hydrogen-bond donors (Lipinski definition) is 1. The molecule has 4 heteroatoms. The summed E-state index contributed by atoms with van der Waals surface area (Å²) >= 11 is 0. The van der Waals surface area contributed by atoms with Crippen molar-refractivity contribution in [3.05, 3.63) is 12.4 Å². The van der Waals surface area contributed by atoms with E-state index in [0.717, 1.165) is 12.5 Å². The Bertz CT molecular complexity index is 283. The zero-order valence-electron chi connectivity index (χ0n) is 10.0. The highest BCUT2D eigenvalue weighted by Crippen LogP contribution is 2.09. The highest BCUT2D eigenvalue weighted by Gasteiger charge is 2.07. The van der Waals surface area contributed by atoms with Gasteiger partial charge in [0.2, 0.25) is 5.95 Å². The van der Waals surface area contributed by atoms with Gasteiger partial charge in [0.05, 0.1) is 6.61 Å². The van der Waals surface area contributed by atoms with Crippen molar-refractivity contribution in [2.45, 2.75) is 33.4 Å². The lowest BCUT2D eigenvalue weighted by Crippen LogP contribution is -2.23. The van der Waals surface area contributed by atoms with Crippen LogP contribution >= 0.6 is 0 Å². The Hall–Kier alpha value is -1.03. The number of nitrogens with zero attached hydrogens (tertiary/aromatic N) is 2. The van der Waals surface area contributed by atoms with Gasteiger partial charge >= 0.3 is 0 Å². The van der Waals surface area contributed by atoms with E-state index in [0.29, 0.717) is 12.5 Å². The molecular weight excluding hydrogens is 190 g/mol. The summed E-state index contributed by atoms with van der Waals surface area (Å²) in [6, 6.07) is 0.281. The third kappa shape index (κ3) is 3.91. The Morgan fingerprint density at radius 1 is 1.47 bits per heavy atom. The lowest BCUT2D eigenvalue weighted by molar-refractivity contribution is 0.190. The zero-order valence-corrected chi connectivity index (χ0v) is 10.0. The highest BCUT2D eigenvalue weighted by atomic mass is 16.5. The van der Waals surface area contributed by atoms with Crippen LogP contribution in [0.15, 0.2) is 12.4 Å². The molecule has 1 unspecified atom stereocenters. The molecule has 1 aromatic heterocycles. The maximum atomic E-state index is 5.07. The second-order valence-corrected chi connectivity index (χ2v) is 4.30. The first-order valence-corrected chi connectivity index (χ1v) is 5.40. The molecule has 0 spiro atoms. The second kappa shape index (κ2) is 5.75. The lowest BCUT2D eigenvalue weighted by atomic mass is 10.2. The van der Waals surface area contributed by atoms with Gasteiger partial charge in [-0.25, -0.2) is 4.98 Å². The van der Waals surface area contributed by atoms with Crippen molar-refractivity contribution in [1.29, 1.82) is 0 Å². The minimum atomic E-state index is 0.281. The average Bonchev–Trinajstić information content (AvgIpc) is 2.52. The monoisotopic (exact) mass is 211 g/mol. The largest absolute Gasteiger partial charge is 0.383 e. The van der Waals surface area contributed by atoms with Crippen LogP contribution in [0.5, 0.6) is 0 Å². The van der Waals surface area contributed by atoms with Crippen molar-refractivity contribution in [2.24, 2.45) is 5.92 Å². The molecule has 0 aliphatic rings. The van der Waals surface area contributed by atoms with E-state index in [2.05, 4.69) is 35.6 Å². The van der Waals surface area contributed by atoms with Crippen molar-refractivity contribution in [3.8, 4) is 0 Å². The van der Waals surface area contributed by atoms with Crippen molar-refractivity contribution < 1.29 is 4.74 Å². The number of anilines is 1. The van der Waals surface area contributed by atoms with Gasteiger partial charge in [-0.3, -0.25) is 0 Å². The summed E-state index contributed by atoms with van der Waals surface area (Å²) in [5.41, 5.74) is 0. The fraction of sp³-hybridized carbons (Fsp3) is 0.727. The Balaban J connectivity index is 2.56. The first-order chi connectivity index (χ1) is 7.13. The van der Waals surface area contributed by atoms with Crippen LogP contribution in [0.1, 0.15) is 20.8 Å². The van der Waals surface area contributed by atoms with Crippen molar-refractivity contribution >= 4 is 5.95 Å². The fourth-order valence-electron chi connectivity index (χ4n) is 1.50. The van der Waals surface area contributed by atoms with Gasteiger partial charge in [-0.05, 0) is 12.8 Å². The van der Waals surface area contributed by atoms with Crippen molar-refractivity contribution in [1.82, 2.24) is 9.55 Å². The van der Waals surface area contributed by atoms with Crippen LogP contribution in [0, 0.1) is 5.92 Å². The molecule has 0 saturated heterocycles. The Morgan fingerprint density at radius 3 is 2.80 bits per heavy atom. The molecular formula is C11H21N3O. The third-order valence-corrected chi connectivity index (χ3v) is 2.07. The molecule has 1 aromatic rings. The summed E-state index contributed by atoms with van der Waals surface area (Å²) in [6.07, 6.45) is 3.83. The normalized spacial score (nSPS) is 13.1. The molecule has 0 aromatic carbocycles. The van der Waals surface area contributed by atoms with Gasteiger partial charge in [0, 0.05) is 32.1 Å². The van der Waals surface area contributed by atoms with E-state index < -0.39 is 0 Å². The number of nitrogens with one attached hydrogen (secondary N) is 1. The zero-order chi connectivity index (χ0) is 11.3. The first kappa shape index (κ1) is 12.0. The number of aromatic nitrogens is 2. The molecule has 0 fully saturated rings. The summed E-state index contributed by atoms with van der Waals surface area (Å²) in [4.78, 5) is 4.29. The molecule has 0 saturated carbocycles. The van der Waals surface area contributed by atoms with E-state index in [-0.39, 0.29) is 6.04 Å². The van der Waals surface area contributed by atoms with Crippen LogP contribution in [0.25, 0.3) is 0 Å². The summed E-state index contributed by atoms with van der Waals surface area (Å²) in [5, 5.41) is 3.32. The maximum absolute atomic E-state index is 5.07. The Kier molecular flexibility index (Phi) is 4.62. The third-order valence-electron chi connectivity index (χ3n) is 2.07. The number of imidazole rings is 1. The number of hydrogen-bond acceptors (Lipinski definition) is 3. The van der Waals surface area contributed by atoms with E-state index in [9.17, 15) is 0 Å². The van der Waals surface area contributed by atoms with Crippen LogP contribution < -0.4 is 5.32 Å². The molecule has 0 aliphatic carbocycles. The molecule has 15 heavy (non-hydrogen) atoms. The minimum Gasteiger partial charge on any atom is -0.383 e. The molecule has 86 valence electrons. The fourth-order valence-corrected chi connectivity index (χ4v) is 1.50. The molecule has 4 nitrogen and oxygen atoms in total. The molecule has 1 rings (SSSR count). The number of ether oxygens (including phenoxy) is 1. The topological polar surface area (TPSA) is 39.1 Å². The summed E-state index contributed by atoms with van der Waals surface area (Å²) in [7, 11) is 1.71. The SMILES string of the molecule is COCC(C)Nc1nccn1CC(C)C. The Labute approximate surface area is 91.7 Å². The van der Waals surface area contributed by atoms with Crippen LogP contribution in [0.2, 0.25) is 0 Å².